The summed E-state index contributed by atoms with van der Waals surface area (Å²) in [6.07, 6.45) is 3.43. The number of carbonyl (C=O) groups excluding carboxylic acids is 1. The van der Waals surface area contributed by atoms with Crippen molar-refractivity contribution in [3.63, 3.8) is 0 Å². The molecule has 0 spiro atoms. The highest BCUT2D eigenvalue weighted by Gasteiger charge is 2.24. The molecule has 1 aromatic carbocycles. The summed E-state index contributed by atoms with van der Waals surface area (Å²) in [5, 5.41) is 11.8. The number of piperazine rings is 1. The average Bonchev–Trinajstić information content (AvgIpc) is 2.84. The number of aromatic nitrogens is 3. The molecule has 31 heavy (non-hydrogen) atoms. The van der Waals surface area contributed by atoms with Crippen molar-refractivity contribution in [2.45, 2.75) is 0 Å². The molecule has 3 aromatic rings. The molecule has 1 N–H and O–H groups in total. The van der Waals surface area contributed by atoms with Gasteiger partial charge in [0.25, 0.3) is 5.91 Å². The lowest BCUT2D eigenvalue weighted by molar-refractivity contribution is 0.0746. The number of ether oxygens (including phenoxy) is 2. The highest BCUT2D eigenvalue weighted by molar-refractivity contribution is 5.95. The summed E-state index contributed by atoms with van der Waals surface area (Å²) >= 11 is 0. The van der Waals surface area contributed by atoms with Gasteiger partial charge in [0, 0.05) is 49.8 Å². The quantitative estimate of drug-likeness (QED) is 0.651. The first kappa shape index (κ1) is 20.4. The summed E-state index contributed by atoms with van der Waals surface area (Å²) in [6.45, 7) is 2.58. The molecular formula is C22H24N6O3. The zero-order valence-corrected chi connectivity index (χ0v) is 17.5. The molecule has 1 aliphatic rings. The molecule has 0 unspecified atom stereocenters. The second-order valence-electron chi connectivity index (χ2n) is 6.99. The van der Waals surface area contributed by atoms with Gasteiger partial charge in [-0.3, -0.25) is 9.78 Å². The van der Waals surface area contributed by atoms with Crippen molar-refractivity contribution in [1.29, 1.82) is 0 Å². The maximum atomic E-state index is 12.9. The third-order valence-electron chi connectivity index (χ3n) is 5.12. The summed E-state index contributed by atoms with van der Waals surface area (Å²) < 4.78 is 10.6. The van der Waals surface area contributed by atoms with E-state index in [2.05, 4.69) is 25.4 Å². The fourth-order valence-corrected chi connectivity index (χ4v) is 3.43. The minimum atomic E-state index is -0.0245. The Morgan fingerprint density at radius 1 is 0.903 bits per heavy atom. The summed E-state index contributed by atoms with van der Waals surface area (Å²) in [5.41, 5.74) is 1.48. The van der Waals surface area contributed by atoms with Crippen molar-refractivity contribution in [2.75, 3.05) is 50.6 Å². The summed E-state index contributed by atoms with van der Waals surface area (Å²) in [5.74, 6) is 2.58. The van der Waals surface area contributed by atoms with Crippen molar-refractivity contribution in [3.05, 3.63) is 60.4 Å². The van der Waals surface area contributed by atoms with Gasteiger partial charge < -0.3 is 24.6 Å². The van der Waals surface area contributed by atoms with Crippen LogP contribution in [0.25, 0.3) is 0 Å². The highest BCUT2D eigenvalue weighted by atomic mass is 16.5. The number of pyridine rings is 1. The number of rotatable bonds is 6. The van der Waals surface area contributed by atoms with Crippen molar-refractivity contribution in [1.82, 2.24) is 20.1 Å². The van der Waals surface area contributed by atoms with Crippen molar-refractivity contribution in [3.8, 4) is 11.5 Å². The topological polar surface area (TPSA) is 92.7 Å². The number of carbonyl (C=O) groups is 1. The summed E-state index contributed by atoms with van der Waals surface area (Å²) in [6, 6.07) is 12.8. The Hall–Kier alpha value is -3.88. The monoisotopic (exact) mass is 420 g/mol. The Bertz CT molecular complexity index is 1020. The first-order valence-corrected chi connectivity index (χ1v) is 9.95. The molecule has 160 valence electrons. The third kappa shape index (κ3) is 4.66. The molecule has 0 radical (unpaired) electrons. The Labute approximate surface area is 180 Å². The van der Waals surface area contributed by atoms with Gasteiger partial charge in [0.15, 0.2) is 23.1 Å². The number of hydrogen-bond acceptors (Lipinski definition) is 8. The summed E-state index contributed by atoms with van der Waals surface area (Å²) in [4.78, 5) is 20.9. The van der Waals surface area contributed by atoms with Crippen LogP contribution >= 0.6 is 0 Å². The van der Waals surface area contributed by atoms with E-state index in [0.717, 1.165) is 11.5 Å². The molecule has 2 aromatic heterocycles. The van der Waals surface area contributed by atoms with Crippen LogP contribution in [0, 0.1) is 0 Å². The van der Waals surface area contributed by atoms with E-state index < -0.39 is 0 Å². The van der Waals surface area contributed by atoms with E-state index in [9.17, 15) is 4.79 Å². The van der Waals surface area contributed by atoms with Crippen molar-refractivity contribution < 1.29 is 14.3 Å². The number of nitrogens with one attached hydrogen (secondary N) is 1. The van der Waals surface area contributed by atoms with Crippen LogP contribution in [-0.4, -0.2) is 66.4 Å². The molecule has 1 fully saturated rings. The van der Waals surface area contributed by atoms with Crippen LogP contribution in [0.4, 0.5) is 17.3 Å². The van der Waals surface area contributed by atoms with Gasteiger partial charge in [-0.15, -0.1) is 10.2 Å². The molecule has 1 aliphatic heterocycles. The van der Waals surface area contributed by atoms with E-state index in [0.29, 0.717) is 49.1 Å². The molecule has 0 bridgehead atoms. The standard InChI is InChI=1S/C22H24N6O3/c1-30-18-4-3-16(15-19(18)31-2)22(29)28-13-11-27(12-14-28)21-6-5-20(25-26-21)24-17-7-9-23-10-8-17/h3-10,15H,11-14H2,1-2H3,(H,23,24,25). The van der Waals surface area contributed by atoms with Crippen LogP contribution in [0.2, 0.25) is 0 Å². The van der Waals surface area contributed by atoms with Gasteiger partial charge in [0.05, 0.1) is 14.2 Å². The highest BCUT2D eigenvalue weighted by Crippen LogP contribution is 2.28. The normalized spacial score (nSPS) is 13.6. The molecule has 3 heterocycles. The van der Waals surface area contributed by atoms with E-state index in [1.54, 1.807) is 44.8 Å². The Morgan fingerprint density at radius 3 is 2.29 bits per heavy atom. The van der Waals surface area contributed by atoms with Crippen LogP contribution in [0.15, 0.2) is 54.9 Å². The minimum absolute atomic E-state index is 0.0245. The molecule has 1 amide bonds. The molecule has 9 heteroatoms. The van der Waals surface area contributed by atoms with Gasteiger partial charge in [0.2, 0.25) is 0 Å². The number of methoxy groups -OCH3 is 2. The lowest BCUT2D eigenvalue weighted by Gasteiger charge is -2.35. The zero-order valence-electron chi connectivity index (χ0n) is 17.5. The maximum absolute atomic E-state index is 12.9. The number of benzene rings is 1. The molecule has 1 saturated heterocycles. The smallest absolute Gasteiger partial charge is 0.254 e. The first-order chi connectivity index (χ1) is 15.2. The van der Waals surface area contributed by atoms with Gasteiger partial charge in [-0.1, -0.05) is 0 Å². The van der Waals surface area contributed by atoms with Gasteiger partial charge in [-0.2, -0.15) is 0 Å². The zero-order chi connectivity index (χ0) is 21.6. The lowest BCUT2D eigenvalue weighted by atomic mass is 10.1. The third-order valence-corrected chi connectivity index (χ3v) is 5.12. The number of nitrogens with zero attached hydrogens (tertiary/aromatic N) is 5. The van der Waals surface area contributed by atoms with Gasteiger partial charge in [-0.05, 0) is 42.5 Å². The largest absolute Gasteiger partial charge is 0.493 e. The first-order valence-electron chi connectivity index (χ1n) is 9.95. The maximum Gasteiger partial charge on any atom is 0.254 e. The van der Waals surface area contributed by atoms with Gasteiger partial charge in [-0.25, -0.2) is 0 Å². The van der Waals surface area contributed by atoms with Crippen molar-refractivity contribution in [2.24, 2.45) is 0 Å². The fourth-order valence-electron chi connectivity index (χ4n) is 3.43. The number of hydrogen-bond donors (Lipinski definition) is 1. The van der Waals surface area contributed by atoms with Crippen LogP contribution < -0.4 is 19.7 Å². The lowest BCUT2D eigenvalue weighted by Crippen LogP contribution is -2.49. The minimum Gasteiger partial charge on any atom is -0.493 e. The molecule has 9 nitrogen and oxygen atoms in total. The Balaban J connectivity index is 1.35. The van der Waals surface area contributed by atoms with E-state index >= 15 is 0 Å². The van der Waals surface area contributed by atoms with Crippen LogP contribution in [0.5, 0.6) is 11.5 Å². The van der Waals surface area contributed by atoms with E-state index in [-0.39, 0.29) is 5.91 Å². The predicted molar refractivity (Wildman–Crippen MR) is 117 cm³/mol. The molecule has 0 aliphatic carbocycles. The summed E-state index contributed by atoms with van der Waals surface area (Å²) in [7, 11) is 3.13. The van der Waals surface area contributed by atoms with Gasteiger partial charge in [0.1, 0.15) is 0 Å². The molecular weight excluding hydrogens is 396 g/mol. The number of amides is 1. The van der Waals surface area contributed by atoms with Crippen LogP contribution in [0.3, 0.4) is 0 Å². The molecule has 0 saturated carbocycles. The van der Waals surface area contributed by atoms with Crippen LogP contribution in [0.1, 0.15) is 10.4 Å². The number of anilines is 3. The van der Waals surface area contributed by atoms with Gasteiger partial charge >= 0.3 is 0 Å². The predicted octanol–water partition coefficient (Wildman–Crippen LogP) is 2.59. The SMILES string of the molecule is COc1ccc(C(=O)N2CCN(c3ccc(Nc4ccncc4)nn3)CC2)cc1OC. The Morgan fingerprint density at radius 2 is 1.65 bits per heavy atom. The van der Waals surface area contributed by atoms with Crippen LogP contribution in [-0.2, 0) is 0 Å². The van der Waals surface area contributed by atoms with E-state index in [4.69, 9.17) is 9.47 Å². The molecule has 0 atom stereocenters. The average molecular weight is 420 g/mol. The fraction of sp³-hybridized carbons (Fsp3) is 0.273. The Kier molecular flexibility index (Phi) is 6.11. The molecule has 4 rings (SSSR count). The van der Waals surface area contributed by atoms with E-state index in [1.807, 2.05) is 29.2 Å². The second kappa shape index (κ2) is 9.29. The second-order valence-corrected chi connectivity index (χ2v) is 6.99. The van der Waals surface area contributed by atoms with E-state index in [1.165, 1.54) is 0 Å². The van der Waals surface area contributed by atoms with Crippen molar-refractivity contribution >= 4 is 23.2 Å².